The van der Waals surface area contributed by atoms with Crippen LogP contribution in [-0.2, 0) is 10.0 Å². The topological polar surface area (TPSA) is 60.9 Å². The Labute approximate surface area is 145 Å². The normalized spacial score (nSPS) is 20.7. The molecule has 0 aliphatic carbocycles. The van der Waals surface area contributed by atoms with Gasteiger partial charge in [-0.25, -0.2) is 8.42 Å². The lowest BCUT2D eigenvalue weighted by molar-refractivity contribution is 0.132. The molecule has 5 nitrogen and oxygen atoms in total. The maximum absolute atomic E-state index is 12.5. The molecule has 1 aliphatic heterocycles. The molecule has 1 aromatic rings. The Kier molecular flexibility index (Phi) is 6.53. The smallest absolute Gasteiger partial charge is 0.252 e. The summed E-state index contributed by atoms with van der Waals surface area (Å²) in [5.41, 5.74) is 0. The van der Waals surface area contributed by atoms with E-state index in [1.54, 1.807) is 7.05 Å². The van der Waals surface area contributed by atoms with Crippen LogP contribution in [0.3, 0.4) is 0 Å². The lowest BCUT2D eigenvalue weighted by atomic mass is 9.98. The molecule has 1 aliphatic rings. The molecule has 1 aromatic heterocycles. The van der Waals surface area contributed by atoms with Crippen LogP contribution in [0.15, 0.2) is 10.3 Å². The summed E-state index contributed by atoms with van der Waals surface area (Å²) in [7, 11) is -1.97. The van der Waals surface area contributed by atoms with Gasteiger partial charge >= 0.3 is 0 Å². The van der Waals surface area contributed by atoms with Crippen molar-refractivity contribution in [2.24, 2.45) is 5.92 Å². The Bertz CT molecular complexity index is 585. The van der Waals surface area contributed by atoms with E-state index >= 15 is 0 Å². The van der Waals surface area contributed by atoms with Crippen molar-refractivity contribution in [2.45, 2.75) is 17.1 Å². The van der Waals surface area contributed by atoms with Gasteiger partial charge in [0, 0.05) is 26.7 Å². The summed E-state index contributed by atoms with van der Waals surface area (Å²) in [6, 6.07) is 1.40. The lowest BCUT2D eigenvalue weighted by Gasteiger charge is -2.33. The zero-order valence-electron chi connectivity index (χ0n) is 12.3. The summed E-state index contributed by atoms with van der Waals surface area (Å²) >= 11 is 12.7. The fourth-order valence-electron chi connectivity index (χ4n) is 2.71. The minimum Gasteiger partial charge on any atom is -0.395 e. The molecule has 126 valence electrons. The van der Waals surface area contributed by atoms with Gasteiger partial charge in [0.25, 0.3) is 10.0 Å². The molecule has 0 radical (unpaired) electrons. The fourth-order valence-corrected chi connectivity index (χ4v) is 6.05. The number of rotatable bonds is 6. The molecule has 0 amide bonds. The van der Waals surface area contributed by atoms with E-state index < -0.39 is 10.0 Å². The van der Waals surface area contributed by atoms with E-state index in [4.69, 9.17) is 28.3 Å². The summed E-state index contributed by atoms with van der Waals surface area (Å²) in [4.78, 5) is 2.17. The maximum atomic E-state index is 12.5. The van der Waals surface area contributed by atoms with Crippen LogP contribution in [0.5, 0.6) is 0 Å². The van der Waals surface area contributed by atoms with E-state index in [2.05, 4.69) is 4.90 Å². The zero-order chi connectivity index (χ0) is 16.3. The van der Waals surface area contributed by atoms with Crippen LogP contribution in [0.4, 0.5) is 0 Å². The second-order valence-corrected chi connectivity index (χ2v) is 9.84. The monoisotopic (exact) mass is 386 g/mol. The first-order valence-corrected chi connectivity index (χ1v) is 10.1. The SMILES string of the molecule is CN(CC1CCCN(CCO)C1)S(=O)(=O)c1cc(Cl)c(Cl)s1. The molecule has 2 rings (SSSR count). The van der Waals surface area contributed by atoms with Crippen LogP contribution in [0.2, 0.25) is 9.36 Å². The molecule has 0 saturated carbocycles. The number of nitrogens with zero attached hydrogens (tertiary/aromatic N) is 2. The van der Waals surface area contributed by atoms with Crippen LogP contribution in [0.1, 0.15) is 12.8 Å². The second kappa shape index (κ2) is 7.79. The average molecular weight is 387 g/mol. The van der Waals surface area contributed by atoms with Gasteiger partial charge in [-0.05, 0) is 31.4 Å². The standard InChI is InChI=1S/C13H20Cl2N2O3S2/c1-16(8-10-3-2-4-17(9-10)5-6-18)22(19,20)12-7-11(14)13(15)21-12/h7,10,18H,2-6,8-9H2,1H3. The van der Waals surface area contributed by atoms with Crippen molar-refractivity contribution in [2.75, 3.05) is 39.8 Å². The van der Waals surface area contributed by atoms with Gasteiger partial charge in [-0.15, -0.1) is 11.3 Å². The van der Waals surface area contributed by atoms with E-state index in [0.29, 0.717) is 17.4 Å². The van der Waals surface area contributed by atoms with Gasteiger partial charge in [0.05, 0.1) is 11.6 Å². The minimum absolute atomic E-state index is 0.132. The number of aliphatic hydroxyl groups is 1. The minimum atomic E-state index is -3.55. The highest BCUT2D eigenvalue weighted by atomic mass is 35.5. The number of piperidine rings is 1. The van der Waals surface area contributed by atoms with Gasteiger partial charge in [-0.3, -0.25) is 0 Å². The summed E-state index contributed by atoms with van der Waals surface area (Å²) < 4.78 is 26.9. The van der Waals surface area contributed by atoms with Gasteiger partial charge in [0.2, 0.25) is 0 Å². The van der Waals surface area contributed by atoms with Crippen molar-refractivity contribution in [1.29, 1.82) is 0 Å². The number of sulfonamides is 1. The summed E-state index contributed by atoms with van der Waals surface area (Å²) in [6.45, 7) is 3.00. The summed E-state index contributed by atoms with van der Waals surface area (Å²) in [6.07, 6.45) is 2.02. The van der Waals surface area contributed by atoms with Crippen LogP contribution < -0.4 is 0 Å². The molecule has 1 unspecified atom stereocenters. The predicted octanol–water partition coefficient (Wildman–Crippen LogP) is 2.38. The van der Waals surface area contributed by atoms with Gasteiger partial charge in [-0.2, -0.15) is 4.31 Å². The Morgan fingerprint density at radius 1 is 1.50 bits per heavy atom. The number of hydrogen-bond acceptors (Lipinski definition) is 5. The first kappa shape index (κ1) is 18.4. The van der Waals surface area contributed by atoms with Crippen LogP contribution in [0.25, 0.3) is 0 Å². The molecule has 0 aromatic carbocycles. The highest BCUT2D eigenvalue weighted by molar-refractivity contribution is 7.91. The lowest BCUT2D eigenvalue weighted by Crippen LogP contribution is -2.42. The molecule has 1 fully saturated rings. The molecule has 0 spiro atoms. The maximum Gasteiger partial charge on any atom is 0.252 e. The number of halogens is 2. The Hall–Kier alpha value is 0.110. The van der Waals surface area contributed by atoms with Crippen molar-refractivity contribution < 1.29 is 13.5 Å². The number of aliphatic hydroxyl groups excluding tert-OH is 1. The van der Waals surface area contributed by atoms with E-state index in [-0.39, 0.29) is 21.8 Å². The second-order valence-electron chi connectivity index (χ2n) is 5.51. The average Bonchev–Trinajstić information content (AvgIpc) is 2.80. The fraction of sp³-hybridized carbons (Fsp3) is 0.692. The van der Waals surface area contributed by atoms with Crippen LogP contribution >= 0.6 is 34.5 Å². The van der Waals surface area contributed by atoms with Crippen LogP contribution in [-0.4, -0.2) is 62.6 Å². The van der Waals surface area contributed by atoms with Gasteiger partial charge in [-0.1, -0.05) is 23.2 Å². The molecular formula is C13H20Cl2N2O3S2. The first-order chi connectivity index (χ1) is 10.3. The molecule has 9 heteroatoms. The van der Waals surface area contributed by atoms with Crippen molar-refractivity contribution in [3.05, 3.63) is 15.4 Å². The van der Waals surface area contributed by atoms with Crippen molar-refractivity contribution in [3.8, 4) is 0 Å². The number of thiophene rings is 1. The molecule has 1 N–H and O–H groups in total. The van der Waals surface area contributed by atoms with Gasteiger partial charge in [0.15, 0.2) is 0 Å². The predicted molar refractivity (Wildman–Crippen MR) is 90.4 cm³/mol. The van der Waals surface area contributed by atoms with E-state index in [0.717, 1.165) is 37.3 Å². The van der Waals surface area contributed by atoms with Crippen molar-refractivity contribution in [1.82, 2.24) is 9.21 Å². The number of β-amino-alcohol motifs (C(OH)–C–C–N with tert-alkyl or cyclic N) is 1. The third kappa shape index (κ3) is 4.35. The zero-order valence-corrected chi connectivity index (χ0v) is 15.5. The third-order valence-electron chi connectivity index (χ3n) is 3.82. The molecular weight excluding hydrogens is 367 g/mol. The van der Waals surface area contributed by atoms with E-state index in [1.807, 2.05) is 0 Å². The Balaban J connectivity index is 2.03. The highest BCUT2D eigenvalue weighted by Gasteiger charge is 2.28. The quantitative estimate of drug-likeness (QED) is 0.814. The van der Waals surface area contributed by atoms with Crippen molar-refractivity contribution >= 4 is 44.6 Å². The molecule has 0 bridgehead atoms. The van der Waals surface area contributed by atoms with Crippen LogP contribution in [0, 0.1) is 5.92 Å². The highest BCUT2D eigenvalue weighted by Crippen LogP contribution is 2.35. The third-order valence-corrected chi connectivity index (χ3v) is 7.96. The Morgan fingerprint density at radius 2 is 2.23 bits per heavy atom. The summed E-state index contributed by atoms with van der Waals surface area (Å²) in [5, 5.41) is 9.29. The Morgan fingerprint density at radius 3 is 2.82 bits per heavy atom. The number of hydrogen-bond donors (Lipinski definition) is 1. The molecule has 22 heavy (non-hydrogen) atoms. The molecule has 2 heterocycles. The molecule has 1 saturated heterocycles. The van der Waals surface area contributed by atoms with Gasteiger partial charge < -0.3 is 10.0 Å². The van der Waals surface area contributed by atoms with E-state index in [1.165, 1.54) is 10.4 Å². The largest absolute Gasteiger partial charge is 0.395 e. The molecule has 1 atom stereocenters. The van der Waals surface area contributed by atoms with Gasteiger partial charge in [0.1, 0.15) is 8.55 Å². The van der Waals surface area contributed by atoms with E-state index in [9.17, 15) is 8.42 Å². The van der Waals surface area contributed by atoms with Crippen molar-refractivity contribution in [3.63, 3.8) is 0 Å². The number of likely N-dealkylation sites (tertiary alicyclic amines) is 1. The summed E-state index contributed by atoms with van der Waals surface area (Å²) in [5.74, 6) is 0.269. The first-order valence-electron chi connectivity index (χ1n) is 7.09.